The molecule has 3 rings (SSSR count). The molecule has 0 unspecified atom stereocenters. The number of carbonyl (C=O) groups is 2. The number of methoxy groups -OCH3 is 1. The zero-order chi connectivity index (χ0) is 19.8. The molecule has 1 aromatic carbocycles. The number of ether oxygens (including phenoxy) is 1. The summed E-state index contributed by atoms with van der Waals surface area (Å²) in [6.07, 6.45) is 0.518. The lowest BCUT2D eigenvalue weighted by molar-refractivity contribution is -0.153. The monoisotopic (exact) mass is 395 g/mol. The zero-order valence-corrected chi connectivity index (χ0v) is 16.6. The largest absolute Gasteiger partial charge is 0.495 e. The first kappa shape index (κ1) is 19.6. The Morgan fingerprint density at radius 2 is 1.96 bits per heavy atom. The van der Waals surface area contributed by atoms with Gasteiger partial charge in [0.15, 0.2) is 9.84 Å². The standard InChI is InChI=1S/C18H25N3O5S/c1-19(2)21(14-8-9-27(24,25)12-14)18(23)13-10-17(22)20(11-13)15-6-4-5-7-16(15)26-3/h4-7,13-14H,8-12H2,1-3H3/t13-,14+/m0/s1. The number of hydrogen-bond donors (Lipinski definition) is 0. The normalized spacial score (nSPS) is 24.4. The highest BCUT2D eigenvalue weighted by Crippen LogP contribution is 2.34. The maximum absolute atomic E-state index is 13.1. The Morgan fingerprint density at radius 3 is 2.56 bits per heavy atom. The van der Waals surface area contributed by atoms with Gasteiger partial charge in [-0.15, -0.1) is 0 Å². The van der Waals surface area contributed by atoms with Crippen molar-refractivity contribution in [1.82, 2.24) is 10.0 Å². The van der Waals surface area contributed by atoms with E-state index in [1.807, 2.05) is 12.1 Å². The van der Waals surface area contributed by atoms with E-state index in [1.54, 1.807) is 36.1 Å². The van der Waals surface area contributed by atoms with E-state index in [0.29, 0.717) is 17.9 Å². The Kier molecular flexibility index (Phi) is 5.43. The summed E-state index contributed by atoms with van der Waals surface area (Å²) < 4.78 is 29.0. The summed E-state index contributed by atoms with van der Waals surface area (Å²) in [5.74, 6) is -0.248. The highest BCUT2D eigenvalue weighted by molar-refractivity contribution is 7.91. The van der Waals surface area contributed by atoms with Gasteiger partial charge < -0.3 is 9.64 Å². The van der Waals surface area contributed by atoms with E-state index in [0.717, 1.165) is 0 Å². The molecule has 0 aliphatic carbocycles. The summed E-state index contributed by atoms with van der Waals surface area (Å²) in [6.45, 7) is 0.252. The third-order valence-corrected chi connectivity index (χ3v) is 6.81. The number of rotatable bonds is 5. The second-order valence-electron chi connectivity index (χ2n) is 7.16. The minimum Gasteiger partial charge on any atom is -0.495 e. The molecule has 27 heavy (non-hydrogen) atoms. The highest BCUT2D eigenvalue weighted by Gasteiger charge is 2.43. The fraction of sp³-hybridized carbons (Fsp3) is 0.556. The molecule has 9 heteroatoms. The Morgan fingerprint density at radius 1 is 1.26 bits per heavy atom. The summed E-state index contributed by atoms with van der Waals surface area (Å²) in [5.41, 5.74) is 0.639. The van der Waals surface area contributed by atoms with Crippen LogP contribution < -0.4 is 9.64 Å². The van der Waals surface area contributed by atoms with E-state index in [2.05, 4.69) is 0 Å². The van der Waals surface area contributed by atoms with Crippen molar-refractivity contribution < 1.29 is 22.7 Å². The smallest absolute Gasteiger partial charge is 0.242 e. The summed E-state index contributed by atoms with van der Waals surface area (Å²) in [4.78, 5) is 27.3. The van der Waals surface area contributed by atoms with Gasteiger partial charge in [-0.1, -0.05) is 12.1 Å². The second-order valence-corrected chi connectivity index (χ2v) is 9.39. The maximum Gasteiger partial charge on any atom is 0.242 e. The third-order valence-electron chi connectivity index (χ3n) is 5.06. The molecule has 2 amide bonds. The SMILES string of the molecule is COc1ccccc1N1C[C@@H](C(=O)N([C@@H]2CCS(=O)(=O)C2)N(C)C)CC1=O. The molecule has 1 aromatic rings. The van der Waals surface area contributed by atoms with Gasteiger partial charge in [0.1, 0.15) is 5.75 Å². The summed E-state index contributed by atoms with van der Waals surface area (Å²) in [6, 6.07) is 6.81. The molecule has 8 nitrogen and oxygen atoms in total. The average Bonchev–Trinajstić information content (AvgIpc) is 3.17. The lowest BCUT2D eigenvalue weighted by atomic mass is 10.1. The molecule has 0 bridgehead atoms. The number of para-hydroxylation sites is 2. The number of amides is 2. The number of benzene rings is 1. The summed E-state index contributed by atoms with van der Waals surface area (Å²) in [7, 11) is 1.86. The fourth-order valence-corrected chi connectivity index (χ4v) is 5.51. The first-order valence-electron chi connectivity index (χ1n) is 8.87. The third kappa shape index (κ3) is 3.93. The Balaban J connectivity index is 1.80. The van der Waals surface area contributed by atoms with Crippen LogP contribution in [0.15, 0.2) is 24.3 Å². The lowest BCUT2D eigenvalue weighted by Crippen LogP contribution is -2.52. The first-order chi connectivity index (χ1) is 12.7. The summed E-state index contributed by atoms with van der Waals surface area (Å²) >= 11 is 0. The molecule has 148 valence electrons. The molecule has 2 saturated heterocycles. The first-order valence-corrected chi connectivity index (χ1v) is 10.7. The molecule has 2 aliphatic rings. The van der Waals surface area contributed by atoms with Gasteiger partial charge in [0.2, 0.25) is 11.8 Å². The highest BCUT2D eigenvalue weighted by atomic mass is 32.2. The Bertz CT molecular complexity index is 839. The topological polar surface area (TPSA) is 87.2 Å². The maximum atomic E-state index is 13.1. The van der Waals surface area contributed by atoms with Crippen molar-refractivity contribution in [2.45, 2.75) is 18.9 Å². The fourth-order valence-electron chi connectivity index (χ4n) is 3.82. The molecule has 0 radical (unpaired) electrons. The summed E-state index contributed by atoms with van der Waals surface area (Å²) in [5, 5.41) is 3.14. The van der Waals surface area contributed by atoms with Crippen molar-refractivity contribution in [3.05, 3.63) is 24.3 Å². The van der Waals surface area contributed by atoms with Crippen LogP contribution in [0.25, 0.3) is 0 Å². The second kappa shape index (κ2) is 7.47. The number of hydrazine groups is 1. The van der Waals surface area contributed by atoms with Crippen LogP contribution in [0.4, 0.5) is 5.69 Å². The predicted molar refractivity (Wildman–Crippen MR) is 101 cm³/mol. The van der Waals surface area contributed by atoms with E-state index >= 15 is 0 Å². The molecular weight excluding hydrogens is 370 g/mol. The number of nitrogens with zero attached hydrogens (tertiary/aromatic N) is 3. The van der Waals surface area contributed by atoms with Crippen LogP contribution in [-0.4, -0.2) is 75.5 Å². The van der Waals surface area contributed by atoms with Gasteiger partial charge in [-0.2, -0.15) is 0 Å². The van der Waals surface area contributed by atoms with Crippen molar-refractivity contribution in [1.29, 1.82) is 0 Å². The number of carbonyl (C=O) groups excluding carboxylic acids is 2. The number of anilines is 1. The molecule has 2 aliphatic heterocycles. The van der Waals surface area contributed by atoms with Gasteiger partial charge in [-0.05, 0) is 18.6 Å². The average molecular weight is 395 g/mol. The number of sulfone groups is 1. The van der Waals surface area contributed by atoms with Crippen LogP contribution in [0.3, 0.4) is 0 Å². The van der Waals surface area contributed by atoms with Gasteiger partial charge in [0.25, 0.3) is 0 Å². The van der Waals surface area contributed by atoms with Gasteiger partial charge in [-0.3, -0.25) is 14.6 Å². The molecule has 2 heterocycles. The minimum absolute atomic E-state index is 0.0339. The lowest BCUT2D eigenvalue weighted by Gasteiger charge is -2.35. The Hall–Kier alpha value is -2.13. The van der Waals surface area contributed by atoms with Gasteiger partial charge >= 0.3 is 0 Å². The van der Waals surface area contributed by atoms with Crippen LogP contribution in [0, 0.1) is 5.92 Å². The predicted octanol–water partition coefficient (Wildman–Crippen LogP) is 0.540. The van der Waals surface area contributed by atoms with Crippen LogP contribution >= 0.6 is 0 Å². The van der Waals surface area contributed by atoms with E-state index in [9.17, 15) is 18.0 Å². The molecule has 2 fully saturated rings. The van der Waals surface area contributed by atoms with Gasteiger partial charge in [0, 0.05) is 27.1 Å². The van der Waals surface area contributed by atoms with Crippen molar-refractivity contribution >= 4 is 27.3 Å². The minimum atomic E-state index is -3.12. The molecule has 0 saturated carbocycles. The van der Waals surface area contributed by atoms with Crippen molar-refractivity contribution in [3.8, 4) is 5.75 Å². The quantitative estimate of drug-likeness (QED) is 0.677. The van der Waals surface area contributed by atoms with Gasteiger partial charge in [0.05, 0.1) is 36.3 Å². The molecular formula is C18H25N3O5S. The van der Waals surface area contributed by atoms with Crippen molar-refractivity contribution in [2.75, 3.05) is 44.2 Å². The molecule has 0 N–H and O–H groups in total. The van der Waals surface area contributed by atoms with Crippen LogP contribution in [-0.2, 0) is 19.4 Å². The Labute approximate surface area is 159 Å². The van der Waals surface area contributed by atoms with Crippen molar-refractivity contribution in [3.63, 3.8) is 0 Å². The van der Waals surface area contributed by atoms with E-state index in [1.165, 1.54) is 12.1 Å². The zero-order valence-electron chi connectivity index (χ0n) is 15.8. The van der Waals surface area contributed by atoms with Crippen LogP contribution in [0.1, 0.15) is 12.8 Å². The number of hydrogen-bond acceptors (Lipinski definition) is 6. The van der Waals surface area contributed by atoms with Crippen LogP contribution in [0.2, 0.25) is 0 Å². The van der Waals surface area contributed by atoms with E-state index in [4.69, 9.17) is 4.74 Å². The van der Waals surface area contributed by atoms with E-state index < -0.39 is 15.8 Å². The molecule has 2 atom stereocenters. The van der Waals surface area contributed by atoms with Crippen LogP contribution in [0.5, 0.6) is 5.75 Å². The van der Waals surface area contributed by atoms with Crippen molar-refractivity contribution in [2.24, 2.45) is 5.92 Å². The van der Waals surface area contributed by atoms with E-state index in [-0.39, 0.29) is 42.3 Å². The molecule has 0 spiro atoms. The molecule has 0 aromatic heterocycles. The van der Waals surface area contributed by atoms with Gasteiger partial charge in [-0.25, -0.2) is 13.4 Å².